The lowest BCUT2D eigenvalue weighted by molar-refractivity contribution is -0.135. The Kier molecular flexibility index (Phi) is 8.56. The summed E-state index contributed by atoms with van der Waals surface area (Å²) in [6.45, 7) is 3.15. The fraction of sp³-hybridized carbons (Fsp3) is 0.414. The summed E-state index contributed by atoms with van der Waals surface area (Å²) in [6.07, 6.45) is 2.15. The number of benzene rings is 2. The van der Waals surface area contributed by atoms with Crippen molar-refractivity contribution in [2.45, 2.75) is 43.2 Å². The second-order valence-electron chi connectivity index (χ2n) is 9.89. The van der Waals surface area contributed by atoms with E-state index in [0.717, 1.165) is 30.4 Å². The Hall–Kier alpha value is -2.92. The van der Waals surface area contributed by atoms with Gasteiger partial charge < -0.3 is 19.1 Å². The predicted octanol–water partition coefficient (Wildman–Crippen LogP) is 4.44. The first-order chi connectivity index (χ1) is 18.8. The molecule has 1 fully saturated rings. The third-order valence-corrected chi connectivity index (χ3v) is 10.1. The molecule has 1 amide bonds. The first kappa shape index (κ1) is 27.6. The molecular formula is C29H34N2O6S2. The van der Waals surface area contributed by atoms with Gasteiger partial charge in [0.2, 0.25) is 15.9 Å². The molecule has 5 rings (SSSR count). The highest BCUT2D eigenvalue weighted by molar-refractivity contribution is 7.89. The van der Waals surface area contributed by atoms with Gasteiger partial charge in [-0.1, -0.05) is 23.8 Å². The number of amides is 1. The van der Waals surface area contributed by atoms with Crippen LogP contribution in [0.15, 0.2) is 64.9 Å². The number of fused-ring (bicyclic) bond motifs is 1. The minimum atomic E-state index is -3.91. The van der Waals surface area contributed by atoms with Gasteiger partial charge in [-0.25, -0.2) is 8.42 Å². The van der Waals surface area contributed by atoms with Gasteiger partial charge in [-0.3, -0.25) is 4.79 Å². The molecular weight excluding hydrogens is 536 g/mol. The first-order valence-corrected chi connectivity index (χ1v) is 15.5. The van der Waals surface area contributed by atoms with Gasteiger partial charge in [0.25, 0.3) is 0 Å². The molecule has 2 atom stereocenters. The average molecular weight is 571 g/mol. The minimum Gasteiger partial charge on any atom is -0.497 e. The third kappa shape index (κ3) is 6.30. The number of aryl methyl sites for hydroxylation is 1. The number of methoxy groups -OCH3 is 1. The molecule has 0 aliphatic carbocycles. The normalized spacial score (nSPS) is 19.2. The van der Waals surface area contributed by atoms with Crippen molar-refractivity contribution < 1.29 is 27.4 Å². The average Bonchev–Trinajstić information content (AvgIpc) is 3.64. The maximum Gasteiger partial charge on any atom is 0.243 e. The molecule has 2 aromatic carbocycles. The third-order valence-electron chi connectivity index (χ3n) is 7.27. The summed E-state index contributed by atoms with van der Waals surface area (Å²) in [5.74, 6) is 1.08. The SMILES string of the molecule is COc1cccc(OC[C@@H]2c3ccsc3CCN2C(=O)CN(C[C@H]2CCCO2)S(=O)(=O)c2ccc(C)cc2)c1. The summed E-state index contributed by atoms with van der Waals surface area (Å²) in [7, 11) is -2.30. The van der Waals surface area contributed by atoms with Crippen molar-refractivity contribution in [3.8, 4) is 11.5 Å². The largest absolute Gasteiger partial charge is 0.497 e. The number of sulfonamides is 1. The molecule has 208 valence electrons. The van der Waals surface area contributed by atoms with Gasteiger partial charge in [0.1, 0.15) is 18.1 Å². The number of ether oxygens (including phenoxy) is 3. The summed E-state index contributed by atoms with van der Waals surface area (Å²) in [5, 5.41) is 2.03. The highest BCUT2D eigenvalue weighted by Gasteiger charge is 2.36. The quantitative estimate of drug-likeness (QED) is 0.358. The van der Waals surface area contributed by atoms with Crippen LogP contribution in [0.25, 0.3) is 0 Å². The summed E-state index contributed by atoms with van der Waals surface area (Å²) >= 11 is 1.67. The van der Waals surface area contributed by atoms with E-state index in [9.17, 15) is 13.2 Å². The highest BCUT2D eigenvalue weighted by atomic mass is 32.2. The van der Waals surface area contributed by atoms with Gasteiger partial charge in [-0.15, -0.1) is 11.3 Å². The van der Waals surface area contributed by atoms with E-state index in [1.165, 1.54) is 9.18 Å². The zero-order valence-corrected chi connectivity index (χ0v) is 23.9. The molecule has 1 aromatic heterocycles. The van der Waals surface area contributed by atoms with Crippen LogP contribution in [0.1, 0.15) is 34.9 Å². The number of hydrogen-bond acceptors (Lipinski definition) is 7. The van der Waals surface area contributed by atoms with E-state index in [2.05, 4.69) is 0 Å². The van der Waals surface area contributed by atoms with Crippen molar-refractivity contribution in [2.24, 2.45) is 0 Å². The Labute approximate surface area is 234 Å². The molecule has 0 radical (unpaired) electrons. The van der Waals surface area contributed by atoms with Crippen LogP contribution in [0.4, 0.5) is 0 Å². The lowest BCUT2D eigenvalue weighted by atomic mass is 10.0. The van der Waals surface area contributed by atoms with Crippen LogP contribution in [0, 0.1) is 6.92 Å². The van der Waals surface area contributed by atoms with Gasteiger partial charge in [-0.2, -0.15) is 4.31 Å². The number of carbonyl (C=O) groups is 1. The van der Waals surface area contributed by atoms with Gasteiger partial charge in [0.05, 0.1) is 30.7 Å². The highest BCUT2D eigenvalue weighted by Crippen LogP contribution is 2.34. The molecule has 3 heterocycles. The van der Waals surface area contributed by atoms with Crippen LogP contribution < -0.4 is 9.47 Å². The standard InChI is InChI=1S/C29H34N2O6S2/c1-21-8-10-25(11-9-21)39(33,34)30(18-24-7-4-15-36-24)19-29(32)31-14-12-28-26(13-16-38-28)27(31)20-37-23-6-3-5-22(17-23)35-2/h3,5-6,8-11,13,16-17,24,27H,4,7,12,14-15,18-20H2,1-2H3/t24-,27-/m1/s1. The monoisotopic (exact) mass is 570 g/mol. The molecule has 10 heteroatoms. The van der Waals surface area contributed by atoms with Crippen LogP contribution in [0.5, 0.6) is 11.5 Å². The van der Waals surface area contributed by atoms with Gasteiger partial charge in [-0.05, 0) is 67.5 Å². The molecule has 39 heavy (non-hydrogen) atoms. The molecule has 1 saturated heterocycles. The minimum absolute atomic E-state index is 0.143. The van der Waals surface area contributed by atoms with E-state index in [-0.39, 0.29) is 42.6 Å². The fourth-order valence-corrected chi connectivity index (χ4v) is 7.45. The van der Waals surface area contributed by atoms with E-state index in [4.69, 9.17) is 14.2 Å². The Bertz CT molecular complexity index is 1380. The van der Waals surface area contributed by atoms with Crippen LogP contribution in [0.2, 0.25) is 0 Å². The summed E-state index contributed by atoms with van der Waals surface area (Å²) in [4.78, 5) is 17.0. The molecule has 8 nitrogen and oxygen atoms in total. The van der Waals surface area contributed by atoms with E-state index in [1.54, 1.807) is 53.7 Å². The second kappa shape index (κ2) is 12.1. The first-order valence-electron chi connectivity index (χ1n) is 13.2. The van der Waals surface area contributed by atoms with Crippen LogP contribution >= 0.6 is 11.3 Å². The van der Waals surface area contributed by atoms with Crippen molar-refractivity contribution in [3.63, 3.8) is 0 Å². The van der Waals surface area contributed by atoms with Crippen molar-refractivity contribution in [1.29, 1.82) is 0 Å². The molecule has 3 aromatic rings. The molecule has 2 aliphatic rings. The van der Waals surface area contributed by atoms with Gasteiger partial charge >= 0.3 is 0 Å². The maximum absolute atomic E-state index is 13.9. The van der Waals surface area contributed by atoms with E-state index in [0.29, 0.717) is 24.7 Å². The Balaban J connectivity index is 1.38. The summed E-state index contributed by atoms with van der Waals surface area (Å²) in [6, 6.07) is 15.8. The lowest BCUT2D eigenvalue weighted by Crippen LogP contribution is -2.49. The maximum atomic E-state index is 13.9. The van der Waals surface area contributed by atoms with Crippen LogP contribution in [0.3, 0.4) is 0 Å². The van der Waals surface area contributed by atoms with Crippen molar-refractivity contribution in [1.82, 2.24) is 9.21 Å². The van der Waals surface area contributed by atoms with Crippen molar-refractivity contribution in [3.05, 3.63) is 76.0 Å². The molecule has 0 bridgehead atoms. The van der Waals surface area contributed by atoms with Crippen molar-refractivity contribution in [2.75, 3.05) is 40.0 Å². The number of rotatable bonds is 10. The molecule has 2 aliphatic heterocycles. The van der Waals surface area contributed by atoms with E-state index >= 15 is 0 Å². The van der Waals surface area contributed by atoms with Crippen LogP contribution in [-0.2, 0) is 26.0 Å². The fourth-order valence-electron chi connectivity index (χ4n) is 5.10. The molecule has 0 saturated carbocycles. The van der Waals surface area contributed by atoms with Crippen molar-refractivity contribution >= 4 is 27.3 Å². The number of nitrogens with zero attached hydrogens (tertiary/aromatic N) is 2. The molecule has 0 N–H and O–H groups in total. The lowest BCUT2D eigenvalue weighted by Gasteiger charge is -2.37. The summed E-state index contributed by atoms with van der Waals surface area (Å²) < 4.78 is 45.9. The van der Waals surface area contributed by atoms with Crippen LogP contribution in [-0.4, -0.2) is 69.6 Å². The smallest absolute Gasteiger partial charge is 0.243 e. The number of carbonyl (C=O) groups excluding carboxylic acids is 1. The van der Waals surface area contributed by atoms with Gasteiger partial charge in [0, 0.05) is 30.6 Å². The van der Waals surface area contributed by atoms with E-state index in [1.807, 2.05) is 36.6 Å². The Morgan fingerprint density at radius 1 is 1.15 bits per heavy atom. The Morgan fingerprint density at radius 3 is 2.69 bits per heavy atom. The second-order valence-corrected chi connectivity index (χ2v) is 12.8. The van der Waals surface area contributed by atoms with E-state index < -0.39 is 10.0 Å². The number of thiophene rings is 1. The zero-order chi connectivity index (χ0) is 27.4. The topological polar surface area (TPSA) is 85.4 Å². The molecule has 0 spiro atoms. The predicted molar refractivity (Wildman–Crippen MR) is 150 cm³/mol. The Morgan fingerprint density at radius 2 is 1.95 bits per heavy atom. The summed E-state index contributed by atoms with van der Waals surface area (Å²) in [5.41, 5.74) is 2.02. The molecule has 0 unspecified atom stereocenters. The zero-order valence-electron chi connectivity index (χ0n) is 22.2. The van der Waals surface area contributed by atoms with Gasteiger partial charge in [0.15, 0.2) is 0 Å². The number of hydrogen-bond donors (Lipinski definition) is 0.